The van der Waals surface area contributed by atoms with Gasteiger partial charge in [0.1, 0.15) is 11.3 Å². The summed E-state index contributed by atoms with van der Waals surface area (Å²) in [6.45, 7) is -1.66. The van der Waals surface area contributed by atoms with Crippen molar-refractivity contribution in [3.8, 4) is 11.3 Å². The van der Waals surface area contributed by atoms with Gasteiger partial charge in [-0.25, -0.2) is 9.78 Å². The van der Waals surface area contributed by atoms with Gasteiger partial charge in [0.2, 0.25) is 0 Å². The summed E-state index contributed by atoms with van der Waals surface area (Å²) in [6.07, 6.45) is -3.07. The summed E-state index contributed by atoms with van der Waals surface area (Å²) >= 11 is 5.84. The molecule has 1 aromatic carbocycles. The molecule has 2 aromatic heterocycles. The smallest absolute Gasteiger partial charge is 0.422 e. The second kappa shape index (κ2) is 6.16. The maximum Gasteiger partial charge on any atom is 0.422 e. The number of ether oxygens (including phenoxy) is 1. The number of fused-ring (bicyclic) bond motifs is 1. The fraction of sp³-hybridized carbons (Fsp3) is 0.125. The lowest BCUT2D eigenvalue weighted by Crippen LogP contribution is -2.21. The van der Waals surface area contributed by atoms with Gasteiger partial charge in [-0.05, 0) is 24.3 Å². The fourth-order valence-electron chi connectivity index (χ4n) is 2.22. The van der Waals surface area contributed by atoms with Crippen LogP contribution in [0.4, 0.5) is 13.2 Å². The number of alkyl halides is 3. The highest BCUT2D eigenvalue weighted by Crippen LogP contribution is 2.27. The maximum absolute atomic E-state index is 12.3. The van der Waals surface area contributed by atoms with Crippen LogP contribution >= 0.6 is 11.6 Å². The highest BCUT2D eigenvalue weighted by atomic mass is 35.5. The van der Waals surface area contributed by atoms with Crippen LogP contribution < -0.4 is 0 Å². The number of aromatic nitrogens is 2. The molecule has 0 bridgehead atoms. The third-order valence-corrected chi connectivity index (χ3v) is 3.46. The van der Waals surface area contributed by atoms with Gasteiger partial charge >= 0.3 is 12.1 Å². The molecule has 3 rings (SSSR count). The molecule has 0 N–H and O–H groups in total. The van der Waals surface area contributed by atoms with Crippen molar-refractivity contribution in [2.24, 2.45) is 0 Å². The first kappa shape index (κ1) is 16.3. The number of carbonyl (C=O) groups excluding carboxylic acids is 1. The van der Waals surface area contributed by atoms with Crippen molar-refractivity contribution >= 4 is 23.2 Å². The second-order valence-corrected chi connectivity index (χ2v) is 5.37. The van der Waals surface area contributed by atoms with E-state index in [1.807, 2.05) is 0 Å². The molecule has 0 amide bonds. The van der Waals surface area contributed by atoms with Crippen LogP contribution in [0.25, 0.3) is 16.9 Å². The molecular formula is C16H10ClF3N2O2. The number of benzene rings is 1. The molecule has 0 fully saturated rings. The molecule has 0 unspecified atom stereocenters. The predicted octanol–water partition coefficient (Wildman–Crippen LogP) is 4.37. The number of nitrogens with zero attached hydrogens (tertiary/aromatic N) is 2. The van der Waals surface area contributed by atoms with Crippen LogP contribution in [0.2, 0.25) is 5.02 Å². The van der Waals surface area contributed by atoms with Crippen LogP contribution in [-0.2, 0) is 4.74 Å². The Balaban J connectivity index is 2.08. The van der Waals surface area contributed by atoms with E-state index in [9.17, 15) is 18.0 Å². The number of pyridine rings is 1. The molecule has 24 heavy (non-hydrogen) atoms. The molecule has 0 spiro atoms. The van der Waals surface area contributed by atoms with Gasteiger partial charge in [0.15, 0.2) is 12.3 Å². The van der Waals surface area contributed by atoms with E-state index in [0.717, 1.165) is 0 Å². The number of hydrogen-bond acceptors (Lipinski definition) is 3. The first-order valence-electron chi connectivity index (χ1n) is 6.82. The van der Waals surface area contributed by atoms with Gasteiger partial charge in [-0.15, -0.1) is 0 Å². The predicted molar refractivity (Wildman–Crippen MR) is 82.0 cm³/mol. The monoisotopic (exact) mass is 354 g/mol. The molecule has 0 saturated carbocycles. The minimum Gasteiger partial charge on any atom is -0.451 e. The standard InChI is InChI=1S/C16H10ClF3N2O2/c17-11-6-4-10(5-7-11)13-14(15(23)24-9-16(18,19)20)22-8-2-1-3-12(22)21-13/h1-8H,9H2. The average molecular weight is 355 g/mol. The Morgan fingerprint density at radius 2 is 1.88 bits per heavy atom. The first-order valence-corrected chi connectivity index (χ1v) is 7.20. The highest BCUT2D eigenvalue weighted by molar-refractivity contribution is 6.30. The van der Waals surface area contributed by atoms with Gasteiger partial charge in [-0.2, -0.15) is 13.2 Å². The van der Waals surface area contributed by atoms with Gasteiger partial charge < -0.3 is 4.74 Å². The minimum atomic E-state index is -4.60. The topological polar surface area (TPSA) is 43.6 Å². The zero-order valence-electron chi connectivity index (χ0n) is 12.0. The number of carbonyl (C=O) groups is 1. The molecular weight excluding hydrogens is 345 g/mol. The summed E-state index contributed by atoms with van der Waals surface area (Å²) < 4.78 is 42.8. The van der Waals surface area contributed by atoms with Crippen LogP contribution in [0.1, 0.15) is 10.5 Å². The lowest BCUT2D eigenvalue weighted by molar-refractivity contribution is -0.161. The fourth-order valence-corrected chi connectivity index (χ4v) is 2.34. The lowest BCUT2D eigenvalue weighted by atomic mass is 10.1. The molecule has 0 saturated heterocycles. The molecule has 124 valence electrons. The maximum atomic E-state index is 12.3. The van der Waals surface area contributed by atoms with Gasteiger partial charge in [0.25, 0.3) is 0 Å². The quantitative estimate of drug-likeness (QED) is 0.656. The third kappa shape index (κ3) is 3.35. The Morgan fingerprint density at radius 3 is 2.54 bits per heavy atom. The lowest BCUT2D eigenvalue weighted by Gasteiger charge is -2.09. The van der Waals surface area contributed by atoms with Crippen molar-refractivity contribution in [2.75, 3.05) is 6.61 Å². The van der Waals surface area contributed by atoms with E-state index in [0.29, 0.717) is 16.2 Å². The van der Waals surface area contributed by atoms with Crippen LogP contribution in [0.15, 0.2) is 48.7 Å². The molecule has 4 nitrogen and oxygen atoms in total. The zero-order valence-corrected chi connectivity index (χ0v) is 12.8. The van der Waals surface area contributed by atoms with Crippen molar-refractivity contribution in [3.05, 3.63) is 59.4 Å². The van der Waals surface area contributed by atoms with Crippen molar-refractivity contribution in [1.29, 1.82) is 0 Å². The van der Waals surface area contributed by atoms with E-state index >= 15 is 0 Å². The van der Waals surface area contributed by atoms with E-state index in [4.69, 9.17) is 11.6 Å². The van der Waals surface area contributed by atoms with Crippen LogP contribution in [0.3, 0.4) is 0 Å². The Hall–Kier alpha value is -2.54. The van der Waals surface area contributed by atoms with Gasteiger partial charge in [0, 0.05) is 16.8 Å². The van der Waals surface area contributed by atoms with Gasteiger partial charge in [-0.3, -0.25) is 4.40 Å². The third-order valence-electron chi connectivity index (χ3n) is 3.21. The van der Waals surface area contributed by atoms with E-state index < -0.39 is 18.8 Å². The van der Waals surface area contributed by atoms with Gasteiger partial charge in [0.05, 0.1) is 0 Å². The van der Waals surface area contributed by atoms with Crippen molar-refractivity contribution in [1.82, 2.24) is 9.38 Å². The summed E-state index contributed by atoms with van der Waals surface area (Å²) in [6, 6.07) is 11.5. The largest absolute Gasteiger partial charge is 0.451 e. The number of esters is 1. The SMILES string of the molecule is O=C(OCC(F)(F)F)c1c(-c2ccc(Cl)cc2)nc2ccccn12. The molecule has 0 aliphatic heterocycles. The van der Waals surface area contributed by atoms with Gasteiger partial charge in [-0.1, -0.05) is 29.8 Å². The number of halogens is 4. The van der Waals surface area contributed by atoms with Crippen LogP contribution in [-0.4, -0.2) is 28.1 Å². The molecule has 3 aromatic rings. The van der Waals surface area contributed by atoms with Crippen LogP contribution in [0, 0.1) is 0 Å². The average Bonchev–Trinajstić information content (AvgIpc) is 2.92. The Bertz CT molecular complexity index is 888. The summed E-state index contributed by atoms with van der Waals surface area (Å²) in [4.78, 5) is 16.5. The minimum absolute atomic E-state index is 0.0721. The molecule has 0 radical (unpaired) electrons. The van der Waals surface area contributed by atoms with E-state index in [1.54, 1.807) is 42.5 Å². The van der Waals surface area contributed by atoms with E-state index in [-0.39, 0.29) is 11.4 Å². The zero-order chi connectivity index (χ0) is 17.3. The molecule has 8 heteroatoms. The molecule has 0 aliphatic rings. The molecule has 0 aliphatic carbocycles. The Labute approximate surface area is 139 Å². The van der Waals surface area contributed by atoms with Crippen molar-refractivity contribution in [2.45, 2.75) is 6.18 Å². The summed E-state index contributed by atoms with van der Waals surface area (Å²) in [5.74, 6) is -1.10. The molecule has 2 heterocycles. The highest BCUT2D eigenvalue weighted by Gasteiger charge is 2.31. The van der Waals surface area contributed by atoms with E-state index in [2.05, 4.69) is 9.72 Å². The molecule has 0 atom stereocenters. The summed E-state index contributed by atoms with van der Waals surface area (Å²) in [7, 11) is 0. The normalized spacial score (nSPS) is 11.7. The van der Waals surface area contributed by atoms with E-state index in [1.165, 1.54) is 10.6 Å². The summed E-state index contributed by atoms with van der Waals surface area (Å²) in [5, 5.41) is 0.490. The van der Waals surface area contributed by atoms with Crippen molar-refractivity contribution in [3.63, 3.8) is 0 Å². The van der Waals surface area contributed by atoms with Crippen LogP contribution in [0.5, 0.6) is 0 Å². The van der Waals surface area contributed by atoms with Crippen molar-refractivity contribution < 1.29 is 22.7 Å². The first-order chi connectivity index (χ1) is 11.3. The summed E-state index contributed by atoms with van der Waals surface area (Å²) in [5.41, 5.74) is 1.12. The second-order valence-electron chi connectivity index (χ2n) is 4.94. The number of rotatable bonds is 3. The number of hydrogen-bond donors (Lipinski definition) is 0. The number of imidazole rings is 1. The Morgan fingerprint density at radius 1 is 1.17 bits per heavy atom. The Kier molecular flexibility index (Phi) is 4.19.